The van der Waals surface area contributed by atoms with E-state index in [2.05, 4.69) is 254 Å². The van der Waals surface area contributed by atoms with Crippen molar-refractivity contribution in [1.29, 1.82) is 0 Å². The fourth-order valence-electron chi connectivity index (χ4n) is 10.4. The first-order valence-corrected chi connectivity index (χ1v) is 23.3. The van der Waals surface area contributed by atoms with Crippen molar-refractivity contribution in [2.24, 2.45) is 0 Å². The number of anilines is 3. The predicted molar refractivity (Wildman–Crippen MR) is 288 cm³/mol. The summed E-state index contributed by atoms with van der Waals surface area (Å²) in [6.45, 7) is 0. The maximum Gasteiger partial charge on any atom is 0.135 e. The first kappa shape index (κ1) is 39.4. The smallest absolute Gasteiger partial charge is 0.135 e. The first-order chi connectivity index (χ1) is 33.7. The van der Waals surface area contributed by atoms with Crippen LogP contribution in [0, 0.1) is 0 Å². The molecular weight excluding hydrogens is 823 g/mol. The van der Waals surface area contributed by atoms with Gasteiger partial charge in [0.1, 0.15) is 11.2 Å². The number of hydrogen-bond acceptors (Lipinski definition) is 2. The van der Waals surface area contributed by atoms with Gasteiger partial charge in [-0.1, -0.05) is 206 Å². The quantitative estimate of drug-likeness (QED) is 0.142. The van der Waals surface area contributed by atoms with E-state index >= 15 is 0 Å². The molecule has 0 aliphatic carbocycles. The molecule has 13 aromatic rings. The van der Waals surface area contributed by atoms with Crippen molar-refractivity contribution in [2.45, 2.75) is 0 Å². The molecule has 0 saturated heterocycles. The van der Waals surface area contributed by atoms with Crippen LogP contribution in [-0.2, 0) is 0 Å². The third kappa shape index (κ3) is 6.82. The van der Waals surface area contributed by atoms with Gasteiger partial charge in [-0.2, -0.15) is 0 Å². The average molecular weight is 866 g/mol. The number of hydrogen-bond donors (Lipinski definition) is 0. The van der Waals surface area contributed by atoms with Crippen molar-refractivity contribution >= 4 is 71.3 Å². The molecule has 318 valence electrons. The van der Waals surface area contributed by atoms with Crippen molar-refractivity contribution in [3.8, 4) is 55.6 Å². The molecule has 2 nitrogen and oxygen atoms in total. The summed E-state index contributed by atoms with van der Waals surface area (Å²) in [5.41, 5.74) is 17.0. The summed E-state index contributed by atoms with van der Waals surface area (Å²) in [6, 6.07) is 94.5. The molecule has 0 N–H and O–H groups in total. The van der Waals surface area contributed by atoms with E-state index in [0.29, 0.717) is 0 Å². The molecule has 68 heavy (non-hydrogen) atoms. The lowest BCUT2D eigenvalue weighted by atomic mass is 9.85. The van der Waals surface area contributed by atoms with E-state index < -0.39 is 0 Å². The predicted octanol–water partition coefficient (Wildman–Crippen LogP) is 18.9. The summed E-state index contributed by atoms with van der Waals surface area (Å²) in [5.74, 6) is 0. The third-order valence-corrected chi connectivity index (χ3v) is 13.7. The molecule has 0 saturated carbocycles. The van der Waals surface area contributed by atoms with E-state index in [4.69, 9.17) is 4.42 Å². The van der Waals surface area contributed by atoms with Gasteiger partial charge in [-0.3, -0.25) is 0 Å². The lowest BCUT2D eigenvalue weighted by molar-refractivity contribution is 0.669. The fourth-order valence-corrected chi connectivity index (χ4v) is 10.4. The van der Waals surface area contributed by atoms with Gasteiger partial charge in [-0.05, 0) is 143 Å². The minimum Gasteiger partial charge on any atom is -0.456 e. The van der Waals surface area contributed by atoms with E-state index in [1.807, 2.05) is 12.1 Å². The maximum absolute atomic E-state index is 6.21. The van der Waals surface area contributed by atoms with E-state index in [1.165, 1.54) is 76.8 Å². The minimum absolute atomic E-state index is 0.894. The number of benzene rings is 12. The van der Waals surface area contributed by atoms with Crippen LogP contribution in [0.3, 0.4) is 0 Å². The number of rotatable bonds is 8. The van der Waals surface area contributed by atoms with Gasteiger partial charge in [0.05, 0.1) is 0 Å². The van der Waals surface area contributed by atoms with Crippen LogP contribution < -0.4 is 4.90 Å². The Bertz CT molecular complexity index is 3990. The normalized spacial score (nSPS) is 11.5. The Morgan fingerprint density at radius 3 is 1.38 bits per heavy atom. The summed E-state index contributed by atoms with van der Waals surface area (Å²) >= 11 is 0. The largest absolute Gasteiger partial charge is 0.456 e. The molecule has 0 aliphatic rings. The second kappa shape index (κ2) is 16.5. The van der Waals surface area contributed by atoms with E-state index in [1.54, 1.807) is 0 Å². The molecule has 1 heterocycles. The van der Waals surface area contributed by atoms with Crippen LogP contribution in [0.4, 0.5) is 17.1 Å². The molecule has 1 aromatic heterocycles. The van der Waals surface area contributed by atoms with E-state index in [9.17, 15) is 0 Å². The molecule has 0 spiro atoms. The number of nitrogens with zero attached hydrogens (tertiary/aromatic N) is 1. The van der Waals surface area contributed by atoms with Crippen molar-refractivity contribution in [1.82, 2.24) is 0 Å². The molecule has 0 unspecified atom stereocenters. The molecule has 0 fully saturated rings. The number of fused-ring (bicyclic) bond motifs is 7. The second-order valence-electron chi connectivity index (χ2n) is 17.6. The van der Waals surface area contributed by atoms with E-state index in [0.717, 1.165) is 50.1 Å². The fraction of sp³-hybridized carbons (Fsp3) is 0. The van der Waals surface area contributed by atoms with Gasteiger partial charge in [0.25, 0.3) is 0 Å². The van der Waals surface area contributed by atoms with Crippen molar-refractivity contribution in [2.75, 3.05) is 4.90 Å². The summed E-state index contributed by atoms with van der Waals surface area (Å²) < 4.78 is 6.21. The lowest BCUT2D eigenvalue weighted by Crippen LogP contribution is -2.10. The summed E-state index contributed by atoms with van der Waals surface area (Å²) in [6.07, 6.45) is 0. The third-order valence-electron chi connectivity index (χ3n) is 13.7. The van der Waals surface area contributed by atoms with Gasteiger partial charge >= 0.3 is 0 Å². The maximum atomic E-state index is 6.21. The van der Waals surface area contributed by atoms with Crippen LogP contribution >= 0.6 is 0 Å². The summed E-state index contributed by atoms with van der Waals surface area (Å²) in [4.78, 5) is 2.38. The topological polar surface area (TPSA) is 16.4 Å². The Hall–Kier alpha value is -8.98. The van der Waals surface area contributed by atoms with Crippen LogP contribution in [0.25, 0.3) is 110 Å². The Kier molecular flexibility index (Phi) is 9.54. The van der Waals surface area contributed by atoms with Gasteiger partial charge in [0.2, 0.25) is 0 Å². The molecule has 0 atom stereocenters. The minimum atomic E-state index is 0.894. The molecule has 0 bridgehead atoms. The molecule has 12 aromatic carbocycles. The lowest BCUT2D eigenvalue weighted by Gasteiger charge is -2.27. The van der Waals surface area contributed by atoms with Crippen LogP contribution in [-0.4, -0.2) is 0 Å². The van der Waals surface area contributed by atoms with Gasteiger partial charge in [-0.15, -0.1) is 0 Å². The molecular formula is C66H43NO. The number of para-hydroxylation sites is 1. The highest BCUT2D eigenvalue weighted by Crippen LogP contribution is 2.46. The Morgan fingerprint density at radius 1 is 0.235 bits per heavy atom. The average Bonchev–Trinajstić information content (AvgIpc) is 3.79. The highest BCUT2D eigenvalue weighted by Gasteiger charge is 2.20. The zero-order valence-electron chi connectivity index (χ0n) is 37.2. The summed E-state index contributed by atoms with van der Waals surface area (Å²) in [7, 11) is 0. The molecule has 2 heteroatoms. The van der Waals surface area contributed by atoms with Gasteiger partial charge in [-0.25, -0.2) is 0 Å². The first-order valence-electron chi connectivity index (χ1n) is 23.3. The van der Waals surface area contributed by atoms with Gasteiger partial charge in [0, 0.05) is 27.8 Å². The zero-order chi connectivity index (χ0) is 45.0. The SMILES string of the molecule is c1ccc(-c2c(-c3ccc(N(c4ccc(-c5ccc(-c6cccc7ccccc67)cc5)cc4)c4cccc(-c5ccc6oc7ccccc7c6c5)c4)cc3)c3ccccc3c3ccccc23)cc1. The standard InChI is InChI=1S/C66H43NO/c1-2-15-48(16-3-1)65-60-24-8-6-21-57(60)58-22-7-9-25-61(58)66(65)49-34-39-53(40-35-49)67(54-19-12-18-50(42-54)51-36-41-64-62(43-51)59-23-10-11-27-63(59)68-64)52-37-32-45(33-38-52)44-28-30-47(31-29-44)56-26-13-17-46-14-4-5-20-55(46)56/h1-43H. The van der Waals surface area contributed by atoms with Gasteiger partial charge < -0.3 is 9.32 Å². The second-order valence-corrected chi connectivity index (χ2v) is 17.6. The molecule has 0 amide bonds. The zero-order valence-corrected chi connectivity index (χ0v) is 37.2. The Labute approximate surface area is 395 Å². The van der Waals surface area contributed by atoms with Gasteiger partial charge in [0.15, 0.2) is 0 Å². The Balaban J connectivity index is 0.924. The summed E-state index contributed by atoms with van der Waals surface area (Å²) in [5, 5.41) is 9.77. The highest BCUT2D eigenvalue weighted by molar-refractivity contribution is 6.21. The molecule has 0 radical (unpaired) electrons. The molecule has 0 aliphatic heterocycles. The van der Waals surface area contributed by atoms with Crippen LogP contribution in [0.15, 0.2) is 265 Å². The number of furan rings is 1. The Morgan fingerprint density at radius 2 is 0.691 bits per heavy atom. The van der Waals surface area contributed by atoms with Crippen LogP contribution in [0.2, 0.25) is 0 Å². The van der Waals surface area contributed by atoms with Crippen molar-refractivity contribution in [3.05, 3.63) is 261 Å². The van der Waals surface area contributed by atoms with Crippen molar-refractivity contribution < 1.29 is 4.42 Å². The van der Waals surface area contributed by atoms with Crippen molar-refractivity contribution in [3.63, 3.8) is 0 Å². The van der Waals surface area contributed by atoms with Crippen LogP contribution in [0.5, 0.6) is 0 Å². The highest BCUT2D eigenvalue weighted by atomic mass is 16.3. The van der Waals surface area contributed by atoms with E-state index in [-0.39, 0.29) is 0 Å². The monoisotopic (exact) mass is 865 g/mol. The molecule has 13 rings (SSSR count). The van der Waals surface area contributed by atoms with Crippen LogP contribution in [0.1, 0.15) is 0 Å².